The van der Waals surface area contributed by atoms with Gasteiger partial charge in [-0.15, -0.1) is 0 Å². The maximum Gasteiger partial charge on any atom is 0.303 e. The summed E-state index contributed by atoms with van der Waals surface area (Å²) in [6.07, 6.45) is 2.96. The van der Waals surface area contributed by atoms with Crippen molar-refractivity contribution in [2.24, 2.45) is 11.5 Å². The van der Waals surface area contributed by atoms with Gasteiger partial charge in [-0.3, -0.25) is 24.0 Å². The molecular formula is C27H44N6O6. The minimum Gasteiger partial charge on any atom is -0.481 e. The molecule has 0 fully saturated rings. The van der Waals surface area contributed by atoms with E-state index in [1.54, 1.807) is 13.8 Å². The molecule has 4 amide bonds. The number of hydrogen-bond donors (Lipinski definition) is 6. The molecule has 0 unspecified atom stereocenters. The molecule has 0 aliphatic rings. The van der Waals surface area contributed by atoms with Gasteiger partial charge in [-0.2, -0.15) is 0 Å². The second-order valence-corrected chi connectivity index (χ2v) is 9.57. The van der Waals surface area contributed by atoms with E-state index in [9.17, 15) is 24.0 Å². The molecule has 0 aliphatic carbocycles. The second-order valence-electron chi connectivity index (χ2n) is 9.57. The molecule has 1 rings (SSSR count). The van der Waals surface area contributed by atoms with Crippen LogP contribution < -0.4 is 27.4 Å². The minimum absolute atomic E-state index is 0.0799. The number of benzene rings is 1. The first-order chi connectivity index (χ1) is 18.6. The van der Waals surface area contributed by atoms with E-state index in [-0.39, 0.29) is 37.9 Å². The summed E-state index contributed by atoms with van der Waals surface area (Å²) in [5, 5.41) is 16.8. The number of carboxylic acid groups (broad SMARTS) is 1. The molecule has 0 radical (unpaired) electrons. The number of carbonyl (C=O) groups is 5. The van der Waals surface area contributed by atoms with Crippen LogP contribution in [0, 0.1) is 0 Å². The standard InChI is InChI=1S/C27H44N6O6/c1-19(2)33(22(12-9-14-28)27(39)30-15-8-4-7-13-25(36)37)24(35)18-31-26(38)21(32-23(34)17-29)16-20-10-5-3-6-11-20/h3,5-6,10-11,19,21-22H,4,7-9,12-18,28-29H2,1-2H3,(H,30,39)(H,31,38)(H,32,34)(H,36,37)/t21-,22-/m1/s1. The third-order valence-corrected chi connectivity index (χ3v) is 6.06. The van der Waals surface area contributed by atoms with Crippen LogP contribution in [0.2, 0.25) is 0 Å². The lowest BCUT2D eigenvalue weighted by Crippen LogP contribution is -2.56. The van der Waals surface area contributed by atoms with E-state index >= 15 is 0 Å². The van der Waals surface area contributed by atoms with Crippen LogP contribution in [0.25, 0.3) is 0 Å². The summed E-state index contributed by atoms with van der Waals surface area (Å²) in [7, 11) is 0. The van der Waals surface area contributed by atoms with Gasteiger partial charge in [0.05, 0.1) is 13.1 Å². The molecule has 0 bridgehead atoms. The molecule has 0 aliphatic heterocycles. The molecule has 39 heavy (non-hydrogen) atoms. The lowest BCUT2D eigenvalue weighted by Gasteiger charge is -2.34. The largest absolute Gasteiger partial charge is 0.481 e. The number of hydrogen-bond acceptors (Lipinski definition) is 7. The van der Waals surface area contributed by atoms with E-state index in [1.807, 2.05) is 30.3 Å². The fourth-order valence-corrected chi connectivity index (χ4v) is 4.13. The van der Waals surface area contributed by atoms with Gasteiger partial charge in [0.25, 0.3) is 0 Å². The molecule has 0 saturated carbocycles. The van der Waals surface area contributed by atoms with E-state index in [2.05, 4.69) is 16.0 Å². The van der Waals surface area contributed by atoms with Crippen LogP contribution in [-0.2, 0) is 30.4 Å². The van der Waals surface area contributed by atoms with Gasteiger partial charge in [-0.1, -0.05) is 36.8 Å². The Morgan fingerprint density at radius 1 is 0.923 bits per heavy atom. The zero-order valence-corrected chi connectivity index (χ0v) is 23.0. The number of unbranched alkanes of at least 4 members (excludes halogenated alkanes) is 2. The van der Waals surface area contributed by atoms with Crippen molar-refractivity contribution in [2.75, 3.05) is 26.2 Å². The van der Waals surface area contributed by atoms with Crippen molar-refractivity contribution >= 4 is 29.6 Å². The summed E-state index contributed by atoms with van der Waals surface area (Å²) in [6, 6.07) is 7.09. The summed E-state index contributed by atoms with van der Waals surface area (Å²) < 4.78 is 0. The van der Waals surface area contributed by atoms with Crippen molar-refractivity contribution in [1.29, 1.82) is 0 Å². The first-order valence-corrected chi connectivity index (χ1v) is 13.4. The summed E-state index contributed by atoms with van der Waals surface area (Å²) in [6.45, 7) is 3.63. The van der Waals surface area contributed by atoms with Gasteiger partial charge in [0, 0.05) is 25.4 Å². The van der Waals surface area contributed by atoms with Crippen molar-refractivity contribution in [3.63, 3.8) is 0 Å². The number of amides is 4. The van der Waals surface area contributed by atoms with Crippen LogP contribution >= 0.6 is 0 Å². The average molecular weight is 549 g/mol. The Morgan fingerprint density at radius 3 is 2.21 bits per heavy atom. The molecule has 1 aromatic rings. The second kappa shape index (κ2) is 18.7. The molecule has 2 atom stereocenters. The Morgan fingerprint density at radius 2 is 1.62 bits per heavy atom. The van der Waals surface area contributed by atoms with E-state index < -0.39 is 35.8 Å². The lowest BCUT2D eigenvalue weighted by molar-refractivity contribution is -0.143. The molecule has 1 aromatic carbocycles. The lowest BCUT2D eigenvalue weighted by atomic mass is 10.0. The maximum atomic E-state index is 13.3. The van der Waals surface area contributed by atoms with E-state index in [0.717, 1.165) is 5.56 Å². The fraction of sp³-hybridized carbons (Fsp3) is 0.593. The Hall–Kier alpha value is -3.51. The third-order valence-electron chi connectivity index (χ3n) is 6.06. The minimum atomic E-state index is -0.929. The smallest absolute Gasteiger partial charge is 0.303 e. The van der Waals surface area contributed by atoms with Gasteiger partial charge < -0.3 is 37.4 Å². The van der Waals surface area contributed by atoms with Crippen LogP contribution in [0.5, 0.6) is 0 Å². The zero-order chi connectivity index (χ0) is 29.2. The van der Waals surface area contributed by atoms with Gasteiger partial charge in [0.15, 0.2) is 0 Å². The third kappa shape index (κ3) is 13.2. The quantitative estimate of drug-likeness (QED) is 0.129. The van der Waals surface area contributed by atoms with Crippen LogP contribution in [0.3, 0.4) is 0 Å². The Balaban J connectivity index is 2.86. The summed E-state index contributed by atoms with van der Waals surface area (Å²) in [5.74, 6) is -2.66. The van der Waals surface area contributed by atoms with Crippen molar-refractivity contribution in [2.45, 2.75) is 76.9 Å². The molecule has 0 spiro atoms. The van der Waals surface area contributed by atoms with Crippen molar-refractivity contribution in [3.8, 4) is 0 Å². The van der Waals surface area contributed by atoms with E-state index in [0.29, 0.717) is 45.2 Å². The number of carbonyl (C=O) groups excluding carboxylic acids is 4. The summed E-state index contributed by atoms with van der Waals surface area (Å²) in [5.41, 5.74) is 11.9. The topological polar surface area (TPSA) is 197 Å². The molecule has 218 valence electrons. The van der Waals surface area contributed by atoms with Crippen molar-refractivity contribution in [1.82, 2.24) is 20.9 Å². The van der Waals surface area contributed by atoms with E-state index in [1.165, 1.54) is 4.90 Å². The highest BCUT2D eigenvalue weighted by Gasteiger charge is 2.32. The predicted octanol–water partition coefficient (Wildman–Crippen LogP) is -0.105. The number of aliphatic carboxylic acids is 1. The normalized spacial score (nSPS) is 12.3. The van der Waals surface area contributed by atoms with Gasteiger partial charge >= 0.3 is 5.97 Å². The number of nitrogens with zero attached hydrogens (tertiary/aromatic N) is 1. The fourth-order valence-electron chi connectivity index (χ4n) is 4.13. The Labute approximate surface area is 230 Å². The number of nitrogens with one attached hydrogen (secondary N) is 3. The van der Waals surface area contributed by atoms with Crippen LogP contribution in [0.1, 0.15) is 57.9 Å². The Kier molecular flexibility index (Phi) is 16.1. The first-order valence-electron chi connectivity index (χ1n) is 13.4. The highest BCUT2D eigenvalue weighted by atomic mass is 16.4. The molecule has 12 nitrogen and oxygen atoms in total. The summed E-state index contributed by atoms with van der Waals surface area (Å²) in [4.78, 5) is 63.3. The number of carboxylic acids is 1. The first kappa shape index (κ1) is 33.5. The van der Waals surface area contributed by atoms with Gasteiger partial charge in [-0.05, 0) is 51.6 Å². The number of rotatable bonds is 19. The molecule has 0 heterocycles. The maximum absolute atomic E-state index is 13.3. The summed E-state index contributed by atoms with van der Waals surface area (Å²) >= 11 is 0. The molecular weight excluding hydrogens is 504 g/mol. The molecule has 12 heteroatoms. The molecule has 8 N–H and O–H groups in total. The highest BCUT2D eigenvalue weighted by Crippen LogP contribution is 2.13. The number of nitrogens with two attached hydrogens (primary N) is 2. The molecule has 0 saturated heterocycles. The predicted molar refractivity (Wildman–Crippen MR) is 147 cm³/mol. The average Bonchev–Trinajstić information content (AvgIpc) is 2.90. The zero-order valence-electron chi connectivity index (χ0n) is 23.0. The van der Waals surface area contributed by atoms with Crippen molar-refractivity contribution in [3.05, 3.63) is 35.9 Å². The van der Waals surface area contributed by atoms with Gasteiger partial charge in [-0.25, -0.2) is 0 Å². The Bertz CT molecular complexity index is 927. The van der Waals surface area contributed by atoms with E-state index in [4.69, 9.17) is 16.6 Å². The SMILES string of the molecule is CC(C)N(C(=O)CNC(=O)[C@@H](Cc1ccccc1)NC(=O)CN)[C@H](CCCN)C(=O)NCCCCCC(=O)O. The van der Waals surface area contributed by atoms with Crippen molar-refractivity contribution < 1.29 is 29.1 Å². The van der Waals surface area contributed by atoms with Crippen LogP contribution in [-0.4, -0.2) is 83.9 Å². The highest BCUT2D eigenvalue weighted by molar-refractivity contribution is 5.93. The van der Waals surface area contributed by atoms with Crippen LogP contribution in [0.15, 0.2) is 30.3 Å². The van der Waals surface area contributed by atoms with Gasteiger partial charge in [0.1, 0.15) is 12.1 Å². The van der Waals surface area contributed by atoms with Gasteiger partial charge in [0.2, 0.25) is 23.6 Å². The molecule has 0 aromatic heterocycles. The van der Waals surface area contributed by atoms with Crippen LogP contribution in [0.4, 0.5) is 0 Å². The monoisotopic (exact) mass is 548 g/mol.